The second-order valence-corrected chi connectivity index (χ2v) is 11.0. The van der Waals surface area contributed by atoms with E-state index >= 15 is 0 Å². The van der Waals surface area contributed by atoms with Gasteiger partial charge in [-0.15, -0.1) is 0 Å². The fraction of sp³-hybridized carbons (Fsp3) is 0.296. The summed E-state index contributed by atoms with van der Waals surface area (Å²) < 4.78 is 28.1. The van der Waals surface area contributed by atoms with Gasteiger partial charge in [-0.05, 0) is 60.4 Å². The monoisotopic (exact) mass is 496 g/mol. The maximum atomic E-state index is 13.5. The van der Waals surface area contributed by atoms with Crippen molar-refractivity contribution in [3.05, 3.63) is 95.6 Å². The number of hydrogen-bond donors (Lipinski definition) is 1. The van der Waals surface area contributed by atoms with Crippen LogP contribution in [0.1, 0.15) is 30.0 Å². The van der Waals surface area contributed by atoms with Gasteiger partial charge in [0, 0.05) is 12.3 Å². The van der Waals surface area contributed by atoms with E-state index in [1.807, 2.05) is 36.9 Å². The lowest BCUT2D eigenvalue weighted by Crippen LogP contribution is -2.41. The lowest BCUT2D eigenvalue weighted by molar-refractivity contribution is -0.119. The average Bonchev–Trinajstić information content (AvgIpc) is 2.86. The van der Waals surface area contributed by atoms with Gasteiger partial charge >= 0.3 is 0 Å². The van der Waals surface area contributed by atoms with Gasteiger partial charge in [0.2, 0.25) is 5.91 Å². The summed E-state index contributed by atoms with van der Waals surface area (Å²) in [5.74, 6) is 1.55. The summed E-state index contributed by atoms with van der Waals surface area (Å²) in [5.41, 5.74) is 4.03. The Hall–Kier alpha value is -2.77. The van der Waals surface area contributed by atoms with E-state index < -0.39 is 10.0 Å². The maximum absolute atomic E-state index is 13.5. The highest BCUT2D eigenvalue weighted by Crippen LogP contribution is 2.27. The predicted molar refractivity (Wildman–Crippen MR) is 142 cm³/mol. The lowest BCUT2D eigenvalue weighted by atomic mass is 10.1. The van der Waals surface area contributed by atoms with Crippen LogP contribution in [0, 0.1) is 6.92 Å². The van der Waals surface area contributed by atoms with Gasteiger partial charge in [0.15, 0.2) is 0 Å². The Morgan fingerprint density at radius 2 is 1.56 bits per heavy atom. The second-order valence-electron chi connectivity index (χ2n) is 7.99. The Kier molecular flexibility index (Phi) is 9.60. The van der Waals surface area contributed by atoms with E-state index in [1.54, 1.807) is 42.5 Å². The summed E-state index contributed by atoms with van der Waals surface area (Å²) in [6.07, 6.45) is 1.48. The Morgan fingerprint density at radius 3 is 2.26 bits per heavy atom. The fourth-order valence-corrected chi connectivity index (χ4v) is 6.13. The number of aryl methyl sites for hydroxylation is 2. The van der Waals surface area contributed by atoms with Crippen LogP contribution in [0.25, 0.3) is 0 Å². The molecular weight excluding hydrogens is 464 g/mol. The normalized spacial score (nSPS) is 11.2. The molecule has 0 fully saturated rings. The van der Waals surface area contributed by atoms with Gasteiger partial charge in [-0.25, -0.2) is 8.42 Å². The van der Waals surface area contributed by atoms with Crippen molar-refractivity contribution in [2.75, 3.05) is 23.1 Å². The number of para-hydroxylation sites is 1. The Balaban J connectivity index is 1.61. The Labute approximate surface area is 207 Å². The van der Waals surface area contributed by atoms with Crippen LogP contribution in [0.2, 0.25) is 0 Å². The van der Waals surface area contributed by atoms with E-state index in [9.17, 15) is 13.2 Å². The van der Waals surface area contributed by atoms with E-state index in [-0.39, 0.29) is 17.3 Å². The first-order chi connectivity index (χ1) is 16.4. The van der Waals surface area contributed by atoms with Crippen LogP contribution < -0.4 is 9.62 Å². The summed E-state index contributed by atoms with van der Waals surface area (Å²) in [7, 11) is -3.89. The van der Waals surface area contributed by atoms with Crippen LogP contribution in [0.3, 0.4) is 0 Å². The van der Waals surface area contributed by atoms with E-state index in [1.165, 1.54) is 15.4 Å². The minimum atomic E-state index is -3.89. The highest BCUT2D eigenvalue weighted by Gasteiger charge is 2.28. The van der Waals surface area contributed by atoms with Crippen LogP contribution in [0.4, 0.5) is 5.69 Å². The van der Waals surface area contributed by atoms with Crippen molar-refractivity contribution in [2.24, 2.45) is 0 Å². The summed E-state index contributed by atoms with van der Waals surface area (Å²) >= 11 is 1.83. The zero-order valence-electron chi connectivity index (χ0n) is 19.7. The molecular formula is C27H32N2O3S2. The first kappa shape index (κ1) is 25.8. The van der Waals surface area contributed by atoms with Crippen LogP contribution in [-0.2, 0) is 27.0 Å². The molecule has 3 aromatic carbocycles. The minimum absolute atomic E-state index is 0.168. The van der Waals surface area contributed by atoms with Crippen LogP contribution in [0.15, 0.2) is 83.8 Å². The number of anilines is 1. The lowest BCUT2D eigenvalue weighted by Gasteiger charge is -2.26. The molecule has 0 radical (unpaired) electrons. The highest BCUT2D eigenvalue weighted by atomic mass is 32.2. The third kappa shape index (κ3) is 6.87. The minimum Gasteiger partial charge on any atom is -0.354 e. The molecule has 0 spiro atoms. The number of carbonyl (C=O) groups excluding carboxylic acids is 1. The summed E-state index contributed by atoms with van der Waals surface area (Å²) in [6, 6.07) is 23.9. The molecule has 0 saturated heterocycles. The molecule has 7 heteroatoms. The van der Waals surface area contributed by atoms with Crippen molar-refractivity contribution in [3.8, 4) is 0 Å². The zero-order valence-corrected chi connectivity index (χ0v) is 21.4. The Morgan fingerprint density at radius 1 is 0.912 bits per heavy atom. The molecule has 0 bridgehead atoms. The predicted octanol–water partition coefficient (Wildman–Crippen LogP) is 5.19. The highest BCUT2D eigenvalue weighted by molar-refractivity contribution is 7.98. The van der Waals surface area contributed by atoms with Gasteiger partial charge in [0.25, 0.3) is 10.0 Å². The van der Waals surface area contributed by atoms with E-state index in [4.69, 9.17) is 0 Å². The van der Waals surface area contributed by atoms with Gasteiger partial charge < -0.3 is 5.32 Å². The molecule has 0 aliphatic rings. The largest absolute Gasteiger partial charge is 0.354 e. The molecule has 3 rings (SSSR count). The van der Waals surface area contributed by atoms with Crippen molar-refractivity contribution < 1.29 is 13.2 Å². The number of nitrogens with zero attached hydrogens (tertiary/aromatic N) is 1. The van der Waals surface area contributed by atoms with Crippen molar-refractivity contribution in [1.29, 1.82) is 0 Å². The molecule has 3 aromatic rings. The molecule has 0 aliphatic carbocycles. The standard InChI is InChI=1S/C27H32N2O3S2/c1-3-23-13-9-10-17-26(23)29(34(31,32)25-15-5-4-6-16-25)20-27(30)28-18-11-19-33-21-24-14-8-7-12-22(24)2/h4-10,12-17H,3,11,18-21H2,1-2H3,(H,28,30). The smallest absolute Gasteiger partial charge is 0.264 e. The van der Waals surface area contributed by atoms with Crippen LogP contribution in [-0.4, -0.2) is 33.2 Å². The summed E-state index contributed by atoms with van der Waals surface area (Å²) in [5, 5.41) is 2.90. The maximum Gasteiger partial charge on any atom is 0.264 e. The first-order valence-electron chi connectivity index (χ1n) is 11.5. The van der Waals surface area contributed by atoms with Gasteiger partial charge in [0.1, 0.15) is 6.54 Å². The molecule has 1 N–H and O–H groups in total. The number of amides is 1. The van der Waals surface area contributed by atoms with E-state index in [2.05, 4.69) is 30.4 Å². The molecule has 0 heterocycles. The van der Waals surface area contributed by atoms with Crippen molar-refractivity contribution >= 4 is 33.4 Å². The molecule has 34 heavy (non-hydrogen) atoms. The molecule has 180 valence electrons. The van der Waals surface area contributed by atoms with Crippen LogP contribution in [0.5, 0.6) is 0 Å². The number of rotatable bonds is 12. The third-order valence-electron chi connectivity index (χ3n) is 5.57. The number of benzene rings is 3. The molecule has 0 atom stereocenters. The number of sulfonamides is 1. The molecule has 0 unspecified atom stereocenters. The number of hydrogen-bond acceptors (Lipinski definition) is 4. The summed E-state index contributed by atoms with van der Waals surface area (Å²) in [6.45, 7) is 4.34. The van der Waals surface area contributed by atoms with Crippen molar-refractivity contribution in [3.63, 3.8) is 0 Å². The SMILES string of the molecule is CCc1ccccc1N(CC(=O)NCCCSCc1ccccc1C)S(=O)(=O)c1ccccc1. The van der Waals surface area contributed by atoms with E-state index in [0.29, 0.717) is 18.7 Å². The van der Waals surface area contributed by atoms with Gasteiger partial charge in [-0.1, -0.05) is 67.6 Å². The van der Waals surface area contributed by atoms with E-state index in [0.717, 1.165) is 23.5 Å². The fourth-order valence-electron chi connectivity index (χ4n) is 3.61. The van der Waals surface area contributed by atoms with Crippen molar-refractivity contribution in [1.82, 2.24) is 5.32 Å². The number of thioether (sulfide) groups is 1. The van der Waals surface area contributed by atoms with Crippen LogP contribution >= 0.6 is 11.8 Å². The second kappa shape index (κ2) is 12.6. The average molecular weight is 497 g/mol. The third-order valence-corrected chi connectivity index (χ3v) is 8.43. The zero-order chi connectivity index (χ0) is 24.4. The van der Waals surface area contributed by atoms with Gasteiger partial charge in [0.05, 0.1) is 10.6 Å². The van der Waals surface area contributed by atoms with Gasteiger partial charge in [-0.3, -0.25) is 9.10 Å². The molecule has 5 nitrogen and oxygen atoms in total. The van der Waals surface area contributed by atoms with Gasteiger partial charge in [-0.2, -0.15) is 11.8 Å². The topological polar surface area (TPSA) is 66.5 Å². The first-order valence-corrected chi connectivity index (χ1v) is 14.1. The molecule has 0 aromatic heterocycles. The molecule has 0 saturated carbocycles. The molecule has 1 amide bonds. The Bertz CT molecular complexity index is 1180. The number of carbonyl (C=O) groups is 1. The quantitative estimate of drug-likeness (QED) is 0.350. The molecule has 0 aliphatic heterocycles. The number of nitrogens with one attached hydrogen (secondary N) is 1. The summed E-state index contributed by atoms with van der Waals surface area (Å²) in [4.78, 5) is 12.9. The van der Waals surface area contributed by atoms with Crippen molar-refractivity contribution in [2.45, 2.75) is 37.3 Å².